The number of nitrogens with zero attached hydrogens (tertiary/aromatic N) is 2. The van der Waals surface area contributed by atoms with Crippen molar-refractivity contribution in [1.82, 2.24) is 10.3 Å². The summed E-state index contributed by atoms with van der Waals surface area (Å²) >= 11 is 1.71. The SMILES string of the molecule is CSc1nc2ccccc2cc1CNCc1ccc(N(C)C)cc1. The molecule has 1 N–H and O–H groups in total. The Morgan fingerprint density at radius 2 is 1.75 bits per heavy atom. The third-order valence-electron chi connectivity index (χ3n) is 4.05. The number of hydrogen-bond acceptors (Lipinski definition) is 4. The lowest BCUT2D eigenvalue weighted by Gasteiger charge is -2.13. The number of fused-ring (bicyclic) bond motifs is 1. The first-order chi connectivity index (χ1) is 11.7. The van der Waals surface area contributed by atoms with Crippen molar-refractivity contribution in [2.75, 3.05) is 25.3 Å². The lowest BCUT2D eigenvalue weighted by atomic mass is 10.1. The molecule has 0 unspecified atom stereocenters. The van der Waals surface area contributed by atoms with Crippen LogP contribution in [0.4, 0.5) is 5.69 Å². The molecule has 0 saturated carbocycles. The van der Waals surface area contributed by atoms with Crippen molar-refractivity contribution in [3.05, 3.63) is 65.7 Å². The first-order valence-electron chi connectivity index (χ1n) is 8.07. The molecule has 0 bridgehead atoms. The zero-order valence-corrected chi connectivity index (χ0v) is 15.2. The molecule has 0 amide bonds. The lowest BCUT2D eigenvalue weighted by Crippen LogP contribution is -2.14. The smallest absolute Gasteiger partial charge is 0.101 e. The van der Waals surface area contributed by atoms with E-state index in [4.69, 9.17) is 4.98 Å². The van der Waals surface area contributed by atoms with E-state index in [1.54, 1.807) is 11.8 Å². The van der Waals surface area contributed by atoms with Gasteiger partial charge in [0, 0.05) is 38.3 Å². The molecule has 0 spiro atoms. The van der Waals surface area contributed by atoms with E-state index in [0.717, 1.165) is 23.6 Å². The standard InChI is InChI=1S/C20H23N3S/c1-23(2)18-10-8-15(9-11-18)13-21-14-17-12-16-6-4-5-7-19(16)22-20(17)24-3/h4-12,21H,13-14H2,1-3H3. The number of anilines is 1. The molecule has 3 nitrogen and oxygen atoms in total. The Bertz CT molecular complexity index is 813. The van der Waals surface area contributed by atoms with Gasteiger partial charge in [0.2, 0.25) is 0 Å². The summed E-state index contributed by atoms with van der Waals surface area (Å²) < 4.78 is 0. The zero-order valence-electron chi connectivity index (χ0n) is 14.4. The van der Waals surface area contributed by atoms with Gasteiger partial charge in [-0.3, -0.25) is 0 Å². The monoisotopic (exact) mass is 337 g/mol. The number of hydrogen-bond donors (Lipinski definition) is 1. The zero-order chi connectivity index (χ0) is 16.9. The first-order valence-corrected chi connectivity index (χ1v) is 9.29. The van der Waals surface area contributed by atoms with Crippen LogP contribution in [-0.4, -0.2) is 25.3 Å². The summed E-state index contributed by atoms with van der Waals surface area (Å²) in [4.78, 5) is 6.88. The highest BCUT2D eigenvalue weighted by Crippen LogP contribution is 2.23. The average Bonchev–Trinajstić information content (AvgIpc) is 2.61. The molecule has 4 heteroatoms. The fourth-order valence-corrected chi connectivity index (χ4v) is 3.28. The Balaban J connectivity index is 1.68. The van der Waals surface area contributed by atoms with Crippen molar-refractivity contribution < 1.29 is 0 Å². The van der Waals surface area contributed by atoms with Gasteiger partial charge in [0.25, 0.3) is 0 Å². The van der Waals surface area contributed by atoms with Crippen LogP contribution in [0.15, 0.2) is 59.6 Å². The lowest BCUT2D eigenvalue weighted by molar-refractivity contribution is 0.682. The van der Waals surface area contributed by atoms with Crippen LogP contribution in [0.5, 0.6) is 0 Å². The molecule has 0 radical (unpaired) electrons. The van der Waals surface area contributed by atoms with Gasteiger partial charge in [-0.15, -0.1) is 11.8 Å². The van der Waals surface area contributed by atoms with E-state index in [1.807, 2.05) is 6.07 Å². The molecule has 124 valence electrons. The predicted octanol–water partition coefficient (Wildman–Crippen LogP) is 4.31. The Morgan fingerprint density at radius 3 is 2.46 bits per heavy atom. The van der Waals surface area contributed by atoms with Gasteiger partial charge in [-0.1, -0.05) is 30.3 Å². The minimum atomic E-state index is 0.823. The highest BCUT2D eigenvalue weighted by atomic mass is 32.2. The molecule has 0 fully saturated rings. The second-order valence-corrected chi connectivity index (χ2v) is 6.81. The van der Waals surface area contributed by atoms with E-state index in [2.05, 4.69) is 79.1 Å². The number of thioether (sulfide) groups is 1. The van der Waals surface area contributed by atoms with Crippen molar-refractivity contribution in [3.8, 4) is 0 Å². The summed E-state index contributed by atoms with van der Waals surface area (Å²) in [5.74, 6) is 0. The molecule has 3 aromatic rings. The van der Waals surface area contributed by atoms with Gasteiger partial charge in [-0.05, 0) is 41.6 Å². The Labute approximate surface area is 148 Å². The minimum Gasteiger partial charge on any atom is -0.378 e. The normalized spacial score (nSPS) is 11.0. The Hall–Kier alpha value is -2.04. The maximum atomic E-state index is 4.77. The van der Waals surface area contributed by atoms with Crippen LogP contribution in [0.3, 0.4) is 0 Å². The number of para-hydroxylation sites is 1. The fourth-order valence-electron chi connectivity index (χ4n) is 2.70. The van der Waals surface area contributed by atoms with Crippen molar-refractivity contribution in [1.29, 1.82) is 0 Å². The molecular formula is C20H23N3S. The largest absolute Gasteiger partial charge is 0.378 e. The predicted molar refractivity (Wildman–Crippen MR) is 105 cm³/mol. The summed E-state index contributed by atoms with van der Waals surface area (Å²) in [5, 5.41) is 5.84. The minimum absolute atomic E-state index is 0.823. The van der Waals surface area contributed by atoms with Gasteiger partial charge in [-0.2, -0.15) is 0 Å². The quantitative estimate of drug-likeness (QED) is 0.678. The topological polar surface area (TPSA) is 28.2 Å². The van der Waals surface area contributed by atoms with Crippen molar-refractivity contribution >= 4 is 28.4 Å². The number of nitrogens with one attached hydrogen (secondary N) is 1. The average molecular weight is 337 g/mol. The van der Waals surface area contributed by atoms with Crippen molar-refractivity contribution in [3.63, 3.8) is 0 Å². The van der Waals surface area contributed by atoms with E-state index < -0.39 is 0 Å². The fraction of sp³-hybridized carbons (Fsp3) is 0.250. The molecule has 24 heavy (non-hydrogen) atoms. The van der Waals surface area contributed by atoms with Crippen LogP contribution in [0.2, 0.25) is 0 Å². The van der Waals surface area contributed by atoms with Crippen LogP contribution in [0.1, 0.15) is 11.1 Å². The summed E-state index contributed by atoms with van der Waals surface area (Å²) in [5.41, 5.74) is 4.83. The maximum Gasteiger partial charge on any atom is 0.101 e. The highest BCUT2D eigenvalue weighted by Gasteiger charge is 2.06. The molecule has 3 rings (SSSR count). The van der Waals surface area contributed by atoms with Crippen LogP contribution >= 0.6 is 11.8 Å². The number of benzene rings is 2. The summed E-state index contributed by atoms with van der Waals surface area (Å²) in [7, 11) is 4.12. The third-order valence-corrected chi connectivity index (χ3v) is 4.79. The van der Waals surface area contributed by atoms with Gasteiger partial charge >= 0.3 is 0 Å². The van der Waals surface area contributed by atoms with Crippen LogP contribution in [0, 0.1) is 0 Å². The van der Waals surface area contributed by atoms with Crippen LogP contribution < -0.4 is 10.2 Å². The Morgan fingerprint density at radius 1 is 1.00 bits per heavy atom. The molecule has 0 aliphatic rings. The molecular weight excluding hydrogens is 314 g/mol. The molecule has 0 aliphatic heterocycles. The molecule has 1 aromatic heterocycles. The molecule has 0 saturated heterocycles. The van der Waals surface area contributed by atoms with Gasteiger partial charge in [0.05, 0.1) is 5.52 Å². The second-order valence-electron chi connectivity index (χ2n) is 6.01. The van der Waals surface area contributed by atoms with E-state index in [1.165, 1.54) is 22.2 Å². The summed E-state index contributed by atoms with van der Waals surface area (Å²) in [6.45, 7) is 1.68. The van der Waals surface area contributed by atoms with Crippen LogP contribution in [0.25, 0.3) is 10.9 Å². The third kappa shape index (κ3) is 3.89. The van der Waals surface area contributed by atoms with E-state index in [0.29, 0.717) is 0 Å². The van der Waals surface area contributed by atoms with Gasteiger partial charge in [-0.25, -0.2) is 4.98 Å². The van der Waals surface area contributed by atoms with Crippen molar-refractivity contribution in [2.45, 2.75) is 18.1 Å². The molecule has 0 aliphatic carbocycles. The molecule has 1 heterocycles. The molecule has 0 atom stereocenters. The number of pyridine rings is 1. The first kappa shape index (κ1) is 16.8. The van der Waals surface area contributed by atoms with Crippen molar-refractivity contribution in [2.24, 2.45) is 0 Å². The van der Waals surface area contributed by atoms with Gasteiger partial charge in [0.15, 0.2) is 0 Å². The summed E-state index contributed by atoms with van der Waals surface area (Å²) in [6, 6.07) is 19.2. The summed E-state index contributed by atoms with van der Waals surface area (Å²) in [6.07, 6.45) is 2.08. The van der Waals surface area contributed by atoms with E-state index in [-0.39, 0.29) is 0 Å². The second kappa shape index (κ2) is 7.69. The highest BCUT2D eigenvalue weighted by molar-refractivity contribution is 7.98. The number of rotatable bonds is 6. The van der Waals surface area contributed by atoms with E-state index in [9.17, 15) is 0 Å². The maximum absolute atomic E-state index is 4.77. The van der Waals surface area contributed by atoms with E-state index >= 15 is 0 Å². The Kier molecular flexibility index (Phi) is 5.38. The number of aromatic nitrogens is 1. The molecule has 2 aromatic carbocycles. The van der Waals surface area contributed by atoms with Gasteiger partial charge in [0.1, 0.15) is 5.03 Å². The van der Waals surface area contributed by atoms with Gasteiger partial charge < -0.3 is 10.2 Å². The van der Waals surface area contributed by atoms with Crippen LogP contribution in [-0.2, 0) is 13.1 Å².